The molecule has 2 rings (SSSR count). The predicted molar refractivity (Wildman–Crippen MR) is 81.8 cm³/mol. The van der Waals surface area contributed by atoms with E-state index < -0.39 is 0 Å². The largest absolute Gasteiger partial charge is 0.374 e. The van der Waals surface area contributed by atoms with Gasteiger partial charge in [-0.25, -0.2) is 0 Å². The molecule has 1 saturated carbocycles. The zero-order valence-corrected chi connectivity index (χ0v) is 12.8. The Morgan fingerprint density at radius 2 is 2.00 bits per heavy atom. The first-order valence-electron chi connectivity index (χ1n) is 7.81. The maximum atomic E-state index is 6.18. The van der Waals surface area contributed by atoms with Crippen LogP contribution in [0.2, 0.25) is 0 Å². The zero-order chi connectivity index (χ0) is 14.4. The number of rotatable bonds is 8. The van der Waals surface area contributed by atoms with Gasteiger partial charge in [-0.1, -0.05) is 37.3 Å². The molecule has 1 aromatic carbocycles. The van der Waals surface area contributed by atoms with E-state index in [2.05, 4.69) is 43.4 Å². The Morgan fingerprint density at radius 3 is 2.65 bits per heavy atom. The van der Waals surface area contributed by atoms with Crippen molar-refractivity contribution in [2.24, 2.45) is 0 Å². The first kappa shape index (κ1) is 15.5. The number of hydrogen-bond donors (Lipinski definition) is 1. The van der Waals surface area contributed by atoms with Crippen LogP contribution in [0.3, 0.4) is 0 Å². The van der Waals surface area contributed by atoms with E-state index in [1.807, 2.05) is 13.0 Å². The van der Waals surface area contributed by atoms with Crippen LogP contribution in [0.5, 0.6) is 0 Å². The summed E-state index contributed by atoms with van der Waals surface area (Å²) in [4.78, 5) is 0. The fourth-order valence-corrected chi connectivity index (χ4v) is 2.72. The molecule has 4 atom stereocenters. The highest BCUT2D eigenvalue weighted by Gasteiger charge is 2.43. The van der Waals surface area contributed by atoms with Crippen molar-refractivity contribution in [2.75, 3.05) is 13.2 Å². The zero-order valence-electron chi connectivity index (χ0n) is 12.8. The Hall–Kier alpha value is -0.900. The second-order valence-electron chi connectivity index (χ2n) is 5.44. The van der Waals surface area contributed by atoms with Crippen LogP contribution in [0.1, 0.15) is 45.3 Å². The SMILES string of the molecule is CCCNC1CC(OC(C)c2ccccc2)C1OCC. The van der Waals surface area contributed by atoms with E-state index in [9.17, 15) is 0 Å². The van der Waals surface area contributed by atoms with Crippen LogP contribution >= 0.6 is 0 Å². The standard InChI is InChI=1S/C17H27NO2/c1-4-11-18-15-12-16(17(15)19-5-2)20-13(3)14-9-7-6-8-10-14/h6-10,13,15-18H,4-5,11-12H2,1-3H3. The van der Waals surface area contributed by atoms with Crippen LogP contribution in [0.4, 0.5) is 0 Å². The molecule has 1 aromatic rings. The van der Waals surface area contributed by atoms with E-state index in [0.717, 1.165) is 26.0 Å². The van der Waals surface area contributed by atoms with Gasteiger partial charge < -0.3 is 14.8 Å². The third-order valence-corrected chi connectivity index (χ3v) is 3.91. The lowest BCUT2D eigenvalue weighted by Gasteiger charge is -2.45. The third kappa shape index (κ3) is 3.81. The molecule has 1 fully saturated rings. The molecule has 4 unspecified atom stereocenters. The second kappa shape index (κ2) is 7.77. The summed E-state index contributed by atoms with van der Waals surface area (Å²) in [5.41, 5.74) is 1.23. The first-order chi connectivity index (χ1) is 9.76. The highest BCUT2D eigenvalue weighted by Crippen LogP contribution is 2.32. The van der Waals surface area contributed by atoms with E-state index in [0.29, 0.717) is 6.04 Å². The highest BCUT2D eigenvalue weighted by atomic mass is 16.6. The van der Waals surface area contributed by atoms with Gasteiger partial charge in [0.15, 0.2) is 0 Å². The molecule has 0 amide bonds. The van der Waals surface area contributed by atoms with E-state index in [-0.39, 0.29) is 18.3 Å². The summed E-state index contributed by atoms with van der Waals surface area (Å²) in [6, 6.07) is 10.8. The van der Waals surface area contributed by atoms with Crippen molar-refractivity contribution in [1.29, 1.82) is 0 Å². The average molecular weight is 277 g/mol. The Morgan fingerprint density at radius 1 is 1.25 bits per heavy atom. The molecule has 0 spiro atoms. The lowest BCUT2D eigenvalue weighted by atomic mass is 9.84. The number of nitrogens with one attached hydrogen (secondary N) is 1. The Kier molecular flexibility index (Phi) is 6.02. The molecule has 3 heteroatoms. The Balaban J connectivity index is 1.86. The third-order valence-electron chi connectivity index (χ3n) is 3.91. The van der Waals surface area contributed by atoms with Gasteiger partial charge in [-0.15, -0.1) is 0 Å². The van der Waals surface area contributed by atoms with Crippen LogP contribution in [-0.2, 0) is 9.47 Å². The molecular formula is C17H27NO2. The number of hydrogen-bond acceptors (Lipinski definition) is 3. The summed E-state index contributed by atoms with van der Waals surface area (Å²) < 4.78 is 12.0. The molecule has 1 N–H and O–H groups in total. The molecule has 0 bridgehead atoms. The van der Waals surface area contributed by atoms with E-state index >= 15 is 0 Å². The molecular weight excluding hydrogens is 250 g/mol. The van der Waals surface area contributed by atoms with Gasteiger partial charge in [-0.05, 0) is 38.8 Å². The topological polar surface area (TPSA) is 30.5 Å². The van der Waals surface area contributed by atoms with E-state index in [1.165, 1.54) is 5.56 Å². The first-order valence-corrected chi connectivity index (χ1v) is 7.81. The monoisotopic (exact) mass is 277 g/mol. The molecule has 0 heterocycles. The van der Waals surface area contributed by atoms with Gasteiger partial charge in [0.05, 0.1) is 18.3 Å². The van der Waals surface area contributed by atoms with Crippen molar-refractivity contribution in [1.82, 2.24) is 5.32 Å². The molecule has 20 heavy (non-hydrogen) atoms. The van der Waals surface area contributed by atoms with Crippen molar-refractivity contribution in [3.63, 3.8) is 0 Å². The van der Waals surface area contributed by atoms with E-state index in [1.54, 1.807) is 0 Å². The van der Waals surface area contributed by atoms with Gasteiger partial charge in [0.1, 0.15) is 0 Å². The summed E-state index contributed by atoms with van der Waals surface area (Å²) in [7, 11) is 0. The maximum Gasteiger partial charge on any atom is 0.0990 e. The maximum absolute atomic E-state index is 6.18. The molecule has 0 saturated heterocycles. The van der Waals surface area contributed by atoms with Gasteiger partial charge in [0.25, 0.3) is 0 Å². The fourth-order valence-electron chi connectivity index (χ4n) is 2.72. The van der Waals surface area contributed by atoms with Gasteiger partial charge in [0, 0.05) is 12.6 Å². The van der Waals surface area contributed by atoms with Crippen LogP contribution in [-0.4, -0.2) is 31.4 Å². The fraction of sp³-hybridized carbons (Fsp3) is 0.647. The predicted octanol–water partition coefficient (Wildman–Crippen LogP) is 3.31. The van der Waals surface area contributed by atoms with Gasteiger partial charge in [-0.3, -0.25) is 0 Å². The highest BCUT2D eigenvalue weighted by molar-refractivity contribution is 5.17. The van der Waals surface area contributed by atoms with Crippen LogP contribution in [0.15, 0.2) is 30.3 Å². The Labute approximate surface area is 122 Å². The smallest absolute Gasteiger partial charge is 0.0990 e. The quantitative estimate of drug-likeness (QED) is 0.791. The van der Waals surface area contributed by atoms with Crippen LogP contribution in [0.25, 0.3) is 0 Å². The van der Waals surface area contributed by atoms with Crippen LogP contribution in [0, 0.1) is 0 Å². The van der Waals surface area contributed by atoms with Gasteiger partial charge in [0.2, 0.25) is 0 Å². The summed E-state index contributed by atoms with van der Waals surface area (Å²) in [6.45, 7) is 8.15. The summed E-state index contributed by atoms with van der Waals surface area (Å²) in [5, 5.41) is 3.54. The minimum Gasteiger partial charge on any atom is -0.374 e. The minimum atomic E-state index is 0.122. The summed E-state index contributed by atoms with van der Waals surface area (Å²) in [6.07, 6.45) is 2.72. The van der Waals surface area contributed by atoms with Crippen molar-refractivity contribution in [2.45, 2.75) is 58.0 Å². The lowest BCUT2D eigenvalue weighted by molar-refractivity contribution is -0.164. The van der Waals surface area contributed by atoms with Gasteiger partial charge >= 0.3 is 0 Å². The van der Waals surface area contributed by atoms with Crippen LogP contribution < -0.4 is 5.32 Å². The molecule has 0 aromatic heterocycles. The second-order valence-corrected chi connectivity index (χ2v) is 5.44. The average Bonchev–Trinajstić information content (AvgIpc) is 2.48. The molecule has 1 aliphatic rings. The van der Waals surface area contributed by atoms with Crippen molar-refractivity contribution < 1.29 is 9.47 Å². The van der Waals surface area contributed by atoms with Crippen molar-refractivity contribution >= 4 is 0 Å². The van der Waals surface area contributed by atoms with E-state index in [4.69, 9.17) is 9.47 Å². The minimum absolute atomic E-state index is 0.122. The Bertz CT molecular complexity index is 382. The lowest BCUT2D eigenvalue weighted by Crippen LogP contribution is -2.60. The molecule has 3 nitrogen and oxygen atoms in total. The van der Waals surface area contributed by atoms with Crippen molar-refractivity contribution in [3.05, 3.63) is 35.9 Å². The molecule has 1 aliphatic carbocycles. The number of benzene rings is 1. The summed E-state index contributed by atoms with van der Waals surface area (Å²) in [5.74, 6) is 0. The molecule has 0 aliphatic heterocycles. The molecule has 112 valence electrons. The van der Waals surface area contributed by atoms with Crippen molar-refractivity contribution in [3.8, 4) is 0 Å². The number of ether oxygens (including phenoxy) is 2. The summed E-state index contributed by atoms with van der Waals surface area (Å²) >= 11 is 0. The molecule has 0 radical (unpaired) electrons. The normalized spacial score (nSPS) is 27.1. The van der Waals surface area contributed by atoms with Gasteiger partial charge in [-0.2, -0.15) is 0 Å².